The molecule has 0 atom stereocenters. The Bertz CT molecular complexity index is 1430. The van der Waals surface area contributed by atoms with Crippen LogP contribution in [0.4, 0.5) is 39.3 Å². The molecule has 1 aromatic heterocycles. The van der Waals surface area contributed by atoms with Crippen LogP contribution in [0.15, 0.2) is 42.7 Å². The van der Waals surface area contributed by atoms with Gasteiger partial charge < -0.3 is 10.2 Å². The molecule has 20 heteroatoms. The van der Waals surface area contributed by atoms with Gasteiger partial charge in [0.05, 0.1) is 89.7 Å². The minimum Gasteiger partial charge on any atom is -0.397 e. The number of hydrogen-bond acceptors (Lipinski definition) is 4. The lowest BCUT2D eigenvalue weighted by Gasteiger charge is -2.79. The Morgan fingerprint density at radius 1 is 0.700 bits per heavy atom. The molecule has 2 aromatic carbocycles. The third-order valence-corrected chi connectivity index (χ3v) is 6.85. The summed E-state index contributed by atoms with van der Waals surface area (Å²) in [4.78, 5) is 4.49. The first-order chi connectivity index (χ1) is 18.1. The van der Waals surface area contributed by atoms with Gasteiger partial charge in [0.2, 0.25) is 5.95 Å². The van der Waals surface area contributed by atoms with Crippen molar-refractivity contribution in [3.63, 3.8) is 0 Å². The molecule has 0 spiro atoms. The molecule has 40 heavy (non-hydrogen) atoms. The van der Waals surface area contributed by atoms with E-state index >= 15 is 0 Å². The smallest absolute Gasteiger partial charge is 0.397 e. The minimum atomic E-state index is -4.94. The Morgan fingerprint density at radius 2 is 1.27 bits per heavy atom. The molecule has 1 fully saturated rings. The first kappa shape index (κ1) is 30.4. The number of anilines is 3. The van der Waals surface area contributed by atoms with Crippen LogP contribution in [0.5, 0.6) is 0 Å². The largest absolute Gasteiger partial charge is 0.416 e. The van der Waals surface area contributed by atoms with Crippen LogP contribution in [0.3, 0.4) is 0 Å². The maximum absolute atomic E-state index is 14.0. The Hall–Kier alpha value is -2.52. The van der Waals surface area contributed by atoms with Crippen LogP contribution in [0, 0.1) is 11.6 Å². The first-order valence-corrected chi connectivity index (χ1v) is 11.1. The number of nitrogens with one attached hydrogen (secondary N) is 1. The van der Waals surface area contributed by atoms with E-state index in [9.17, 15) is 22.0 Å². The fourth-order valence-corrected chi connectivity index (χ4v) is 4.29. The van der Waals surface area contributed by atoms with E-state index in [0.29, 0.717) is 17.0 Å². The van der Waals surface area contributed by atoms with Crippen LogP contribution >= 0.6 is 0 Å². The highest BCUT2D eigenvalue weighted by atomic mass is 19.4. The molecule has 0 unspecified atom stereocenters. The third kappa shape index (κ3) is 4.44. The standard InChI is InChI=1S/C20H8B10F5N5/c21-16(22)17(23,24)19(27,28)40(20(29,30)18(16,25)26)11-4-8(15(33,34)35)3-9(5-11)37-14-36-7-39(38-14)10-1-2-12(31)13(32)6-10/h1-7H,(H,37,38). The minimum absolute atomic E-state index is 0.0705. The molecular formula is C20H8B10F5N5. The quantitative estimate of drug-likeness (QED) is 0.401. The summed E-state index contributed by atoms with van der Waals surface area (Å²) in [6, 6.07) is 5.21. The summed E-state index contributed by atoms with van der Waals surface area (Å²) in [6.45, 7) is 0. The van der Waals surface area contributed by atoms with Crippen molar-refractivity contribution in [1.29, 1.82) is 0 Å². The van der Waals surface area contributed by atoms with Gasteiger partial charge in [-0.05, 0) is 41.0 Å². The summed E-state index contributed by atoms with van der Waals surface area (Å²) in [5, 5.41) is -6.55. The normalized spacial score (nSPS) is 20.6. The predicted molar refractivity (Wildman–Crippen MR) is 150 cm³/mol. The second-order valence-corrected chi connectivity index (χ2v) is 9.60. The summed E-state index contributed by atoms with van der Waals surface area (Å²) in [7, 11) is 61.1. The molecule has 1 saturated heterocycles. The lowest BCUT2D eigenvalue weighted by atomic mass is 9.05. The van der Waals surface area contributed by atoms with Crippen molar-refractivity contribution < 1.29 is 22.0 Å². The average Bonchev–Trinajstić information content (AvgIpc) is 3.27. The molecule has 4 rings (SSSR count). The molecule has 0 saturated carbocycles. The summed E-state index contributed by atoms with van der Waals surface area (Å²) in [5.74, 6) is -2.51. The van der Waals surface area contributed by atoms with E-state index in [1.165, 1.54) is 6.07 Å². The third-order valence-electron chi connectivity index (χ3n) is 6.85. The molecule has 0 aliphatic carbocycles. The van der Waals surface area contributed by atoms with Crippen molar-refractivity contribution in [2.75, 3.05) is 10.2 Å². The topological polar surface area (TPSA) is 46.0 Å². The van der Waals surface area contributed by atoms with Gasteiger partial charge in [-0.2, -0.15) is 18.2 Å². The van der Waals surface area contributed by atoms with Crippen LogP contribution in [0.2, 0.25) is 15.6 Å². The number of aromatic nitrogens is 3. The van der Waals surface area contributed by atoms with Gasteiger partial charge >= 0.3 is 6.18 Å². The number of nitrogens with zero attached hydrogens (tertiary/aromatic N) is 4. The van der Waals surface area contributed by atoms with E-state index < -0.39 is 55.4 Å². The lowest BCUT2D eigenvalue weighted by molar-refractivity contribution is -0.137. The van der Waals surface area contributed by atoms with Gasteiger partial charge in [0.1, 0.15) is 6.33 Å². The fourth-order valence-electron chi connectivity index (χ4n) is 4.29. The monoisotopic (exact) mass is 523 g/mol. The van der Waals surface area contributed by atoms with E-state index in [-0.39, 0.29) is 17.3 Å². The summed E-state index contributed by atoms with van der Waals surface area (Å²) < 4.78 is 69.8. The molecule has 1 aliphatic rings. The van der Waals surface area contributed by atoms with Crippen LogP contribution < -0.4 is 10.2 Å². The molecule has 20 radical (unpaired) electrons. The average molecular weight is 521 g/mol. The van der Waals surface area contributed by atoms with Crippen LogP contribution in [0.1, 0.15) is 5.56 Å². The van der Waals surface area contributed by atoms with E-state index in [1.54, 1.807) is 0 Å². The van der Waals surface area contributed by atoms with E-state index in [4.69, 9.17) is 78.5 Å². The molecule has 5 nitrogen and oxygen atoms in total. The molecule has 0 amide bonds. The van der Waals surface area contributed by atoms with Gasteiger partial charge in [-0.1, -0.05) is 0 Å². The number of halogens is 5. The maximum atomic E-state index is 14.0. The van der Waals surface area contributed by atoms with E-state index in [1.807, 2.05) is 0 Å². The molecule has 178 valence electrons. The van der Waals surface area contributed by atoms with Gasteiger partial charge in [0.25, 0.3) is 0 Å². The van der Waals surface area contributed by atoms with Crippen molar-refractivity contribution >= 4 is 95.8 Å². The van der Waals surface area contributed by atoms with Crippen LogP contribution in [0.25, 0.3) is 5.69 Å². The molecule has 0 bridgehead atoms. The summed E-state index contributed by atoms with van der Waals surface area (Å²) in [6.07, 6.45) is -3.84. The summed E-state index contributed by atoms with van der Waals surface area (Å²) >= 11 is 0. The van der Waals surface area contributed by atoms with Gasteiger partial charge in [0.15, 0.2) is 11.6 Å². The van der Waals surface area contributed by atoms with Gasteiger partial charge in [-0.15, -0.1) is 20.7 Å². The molecular weight excluding hydrogens is 513 g/mol. The van der Waals surface area contributed by atoms with Crippen LogP contribution in [-0.4, -0.2) is 104 Å². The molecule has 3 aromatic rings. The highest BCUT2D eigenvalue weighted by Gasteiger charge is 2.64. The fraction of sp³-hybridized carbons (Fsp3) is 0.300. The molecule has 1 N–H and O–H groups in total. The van der Waals surface area contributed by atoms with Crippen molar-refractivity contribution in [1.82, 2.24) is 14.8 Å². The Balaban J connectivity index is 1.83. The van der Waals surface area contributed by atoms with Crippen molar-refractivity contribution in [3.8, 4) is 5.69 Å². The zero-order valence-electron chi connectivity index (χ0n) is 20.5. The second-order valence-electron chi connectivity index (χ2n) is 9.60. The number of benzene rings is 2. The van der Waals surface area contributed by atoms with Crippen molar-refractivity contribution in [2.24, 2.45) is 0 Å². The van der Waals surface area contributed by atoms with Crippen LogP contribution in [-0.2, 0) is 6.18 Å². The number of piperidine rings is 1. The zero-order chi connectivity index (χ0) is 30.3. The predicted octanol–water partition coefficient (Wildman–Crippen LogP) is 0.469. The lowest BCUT2D eigenvalue weighted by Crippen LogP contribution is -2.81. The number of rotatable bonds is 4. The highest BCUT2D eigenvalue weighted by Crippen LogP contribution is 2.69. The van der Waals surface area contributed by atoms with E-state index in [2.05, 4.69) is 15.4 Å². The number of hydrogen-bond donors (Lipinski definition) is 1. The maximum Gasteiger partial charge on any atom is 0.416 e. The van der Waals surface area contributed by atoms with Gasteiger partial charge in [-0.3, -0.25) is 0 Å². The van der Waals surface area contributed by atoms with Crippen molar-refractivity contribution in [3.05, 3.63) is 59.9 Å². The Morgan fingerprint density at radius 3 is 1.80 bits per heavy atom. The van der Waals surface area contributed by atoms with Gasteiger partial charge in [0, 0.05) is 17.4 Å². The second kappa shape index (κ2) is 9.24. The highest BCUT2D eigenvalue weighted by molar-refractivity contribution is 6.71. The Labute approximate surface area is 240 Å². The SMILES string of the molecule is [B]C1([B])N(c2cc(Nc3ncn(-c4ccc(F)c(F)c4)n3)cc(C(F)(F)F)c2)C([B])([B])C([B])([B])C([B])([B])C1([B])[B]. The zero-order valence-corrected chi connectivity index (χ0v) is 20.5. The molecule has 2 heterocycles. The van der Waals surface area contributed by atoms with Gasteiger partial charge in [-0.25, -0.2) is 13.5 Å². The molecule has 1 aliphatic heterocycles. The number of alkyl halides is 3. The van der Waals surface area contributed by atoms with Crippen molar-refractivity contribution in [2.45, 2.75) is 32.5 Å². The van der Waals surface area contributed by atoms with E-state index in [0.717, 1.165) is 29.2 Å². The first-order valence-electron chi connectivity index (χ1n) is 11.1. The summed E-state index contributed by atoms with van der Waals surface area (Å²) in [5.41, 5.74) is -1.99. The Kier molecular flexibility index (Phi) is 7.03.